The first-order chi connectivity index (χ1) is 14.1. The average Bonchev–Trinajstić information content (AvgIpc) is 2.71. The zero-order valence-corrected chi connectivity index (χ0v) is 16.3. The fourth-order valence-electron chi connectivity index (χ4n) is 3.31. The van der Waals surface area contributed by atoms with Gasteiger partial charge in [0.15, 0.2) is 0 Å². The van der Waals surface area contributed by atoms with E-state index in [9.17, 15) is 9.59 Å². The smallest absolute Gasteiger partial charge is 0.339 e. The number of rotatable bonds is 5. The van der Waals surface area contributed by atoms with Gasteiger partial charge in [-0.05, 0) is 43.4 Å². The number of carbonyl (C=O) groups is 1. The van der Waals surface area contributed by atoms with Crippen LogP contribution in [-0.4, -0.2) is 55.5 Å². The van der Waals surface area contributed by atoms with Crippen molar-refractivity contribution >= 4 is 22.6 Å². The molecule has 1 fully saturated rings. The predicted molar refractivity (Wildman–Crippen MR) is 112 cm³/mol. The molecule has 0 atom stereocenters. The number of benzene rings is 2. The van der Waals surface area contributed by atoms with E-state index in [1.807, 2.05) is 12.1 Å². The van der Waals surface area contributed by atoms with Crippen LogP contribution in [0, 0.1) is 0 Å². The molecule has 0 spiro atoms. The van der Waals surface area contributed by atoms with Gasteiger partial charge in [-0.25, -0.2) is 4.79 Å². The van der Waals surface area contributed by atoms with Crippen molar-refractivity contribution in [3.05, 3.63) is 65.0 Å². The molecule has 0 bridgehead atoms. The Morgan fingerprint density at radius 1 is 1.07 bits per heavy atom. The lowest BCUT2D eigenvalue weighted by molar-refractivity contribution is -0.117. The number of hydrogen-bond acceptors (Lipinski definition) is 6. The van der Waals surface area contributed by atoms with Gasteiger partial charge >= 0.3 is 5.63 Å². The molecule has 1 N–H and O–H groups in total. The molecule has 4 rings (SSSR count). The minimum Gasteiger partial charge on any atom is -0.456 e. The molecular weight excluding hydrogens is 370 g/mol. The number of para-hydroxylation sites is 1. The van der Waals surface area contributed by atoms with Crippen LogP contribution in [0.1, 0.15) is 0 Å². The molecule has 0 aliphatic carbocycles. The third-order valence-electron chi connectivity index (χ3n) is 4.94. The normalized spacial score (nSPS) is 15.3. The highest BCUT2D eigenvalue weighted by molar-refractivity contribution is 5.92. The Labute approximate surface area is 168 Å². The lowest BCUT2D eigenvalue weighted by atomic mass is 10.2. The average molecular weight is 393 g/mol. The maximum absolute atomic E-state index is 12.3. The Morgan fingerprint density at radius 2 is 1.79 bits per heavy atom. The van der Waals surface area contributed by atoms with Gasteiger partial charge in [0.25, 0.3) is 0 Å². The second kappa shape index (κ2) is 8.46. The van der Waals surface area contributed by atoms with Gasteiger partial charge in [-0.3, -0.25) is 9.69 Å². The number of carbonyl (C=O) groups excluding carboxylic acids is 1. The number of piperazine rings is 1. The first-order valence-electron chi connectivity index (χ1n) is 9.58. The summed E-state index contributed by atoms with van der Waals surface area (Å²) in [5, 5.41) is 3.63. The van der Waals surface area contributed by atoms with E-state index < -0.39 is 5.63 Å². The van der Waals surface area contributed by atoms with Crippen LogP contribution in [-0.2, 0) is 4.79 Å². The molecule has 150 valence electrons. The maximum Gasteiger partial charge on any atom is 0.339 e. The predicted octanol–water partition coefficient (Wildman–Crippen LogP) is 2.77. The molecule has 1 amide bonds. The van der Waals surface area contributed by atoms with Crippen molar-refractivity contribution in [1.82, 2.24) is 9.80 Å². The summed E-state index contributed by atoms with van der Waals surface area (Å²) in [7, 11) is 2.09. The Kier molecular flexibility index (Phi) is 5.59. The second-order valence-electron chi connectivity index (χ2n) is 7.18. The van der Waals surface area contributed by atoms with Crippen molar-refractivity contribution in [3.8, 4) is 11.5 Å². The van der Waals surface area contributed by atoms with Crippen molar-refractivity contribution < 1.29 is 13.9 Å². The van der Waals surface area contributed by atoms with Crippen molar-refractivity contribution in [3.63, 3.8) is 0 Å². The fraction of sp³-hybridized carbons (Fsp3) is 0.273. The first kappa shape index (κ1) is 19.2. The van der Waals surface area contributed by atoms with Gasteiger partial charge in [0.05, 0.1) is 18.0 Å². The fourth-order valence-corrected chi connectivity index (χ4v) is 3.31. The molecule has 0 radical (unpaired) electrons. The summed E-state index contributed by atoms with van der Waals surface area (Å²) in [6.07, 6.45) is 0. The molecule has 7 heteroatoms. The highest BCUT2D eigenvalue weighted by Crippen LogP contribution is 2.29. The number of nitrogens with zero attached hydrogens (tertiary/aromatic N) is 2. The largest absolute Gasteiger partial charge is 0.456 e. The lowest BCUT2D eigenvalue weighted by Gasteiger charge is -2.31. The van der Waals surface area contributed by atoms with E-state index in [1.54, 1.807) is 36.4 Å². The molecule has 0 saturated carbocycles. The summed E-state index contributed by atoms with van der Waals surface area (Å²) in [4.78, 5) is 28.4. The Morgan fingerprint density at radius 3 is 2.55 bits per heavy atom. The van der Waals surface area contributed by atoms with Gasteiger partial charge in [0.1, 0.15) is 17.1 Å². The van der Waals surface area contributed by atoms with Gasteiger partial charge in [-0.2, -0.15) is 0 Å². The number of likely N-dealkylation sites (N-methyl/N-ethyl adjacent to an activating group) is 1. The maximum atomic E-state index is 12.3. The minimum absolute atomic E-state index is 0.0325. The molecule has 2 aromatic carbocycles. The zero-order chi connectivity index (χ0) is 20.2. The SMILES string of the molecule is CN1CCN(CC(=O)Nc2ccc(Oc3cc(=O)oc4ccccc34)cc2)CC1. The third-order valence-corrected chi connectivity index (χ3v) is 4.94. The Bertz CT molecular complexity index is 1050. The first-order valence-corrected chi connectivity index (χ1v) is 9.58. The number of ether oxygens (including phenoxy) is 1. The standard InChI is InChI=1S/C22H23N3O4/c1-24-10-12-25(13-11-24)15-21(26)23-16-6-8-17(9-7-16)28-20-14-22(27)29-19-5-3-2-4-18(19)20/h2-9,14H,10-13,15H2,1H3,(H,23,26). The van der Waals surface area contributed by atoms with Crippen LogP contribution >= 0.6 is 0 Å². The number of nitrogens with one attached hydrogen (secondary N) is 1. The second-order valence-corrected chi connectivity index (χ2v) is 7.18. The van der Waals surface area contributed by atoms with Crippen LogP contribution in [0.25, 0.3) is 11.0 Å². The number of fused-ring (bicyclic) bond motifs is 1. The zero-order valence-electron chi connectivity index (χ0n) is 16.3. The molecule has 29 heavy (non-hydrogen) atoms. The number of hydrogen-bond donors (Lipinski definition) is 1. The van der Waals surface area contributed by atoms with Gasteiger partial charge in [-0.1, -0.05) is 12.1 Å². The van der Waals surface area contributed by atoms with E-state index in [-0.39, 0.29) is 5.91 Å². The van der Waals surface area contributed by atoms with E-state index in [2.05, 4.69) is 22.2 Å². The molecule has 1 aromatic heterocycles. The summed E-state index contributed by atoms with van der Waals surface area (Å²) in [5.41, 5.74) is 0.711. The Hall–Kier alpha value is -3.16. The van der Waals surface area contributed by atoms with Crippen LogP contribution in [0.15, 0.2) is 63.8 Å². The van der Waals surface area contributed by atoms with Crippen molar-refractivity contribution in [2.75, 3.05) is 45.1 Å². The van der Waals surface area contributed by atoms with Gasteiger partial charge in [0.2, 0.25) is 5.91 Å². The van der Waals surface area contributed by atoms with Crippen molar-refractivity contribution in [2.24, 2.45) is 0 Å². The summed E-state index contributed by atoms with van der Waals surface area (Å²) in [6.45, 7) is 4.14. The molecule has 1 aliphatic heterocycles. The minimum atomic E-state index is -0.466. The highest BCUT2D eigenvalue weighted by atomic mass is 16.5. The highest BCUT2D eigenvalue weighted by Gasteiger charge is 2.16. The van der Waals surface area contributed by atoms with Crippen LogP contribution in [0.4, 0.5) is 5.69 Å². The third kappa shape index (κ3) is 4.82. The lowest BCUT2D eigenvalue weighted by Crippen LogP contribution is -2.47. The molecule has 0 unspecified atom stereocenters. The van der Waals surface area contributed by atoms with Gasteiger partial charge < -0.3 is 19.4 Å². The molecule has 7 nitrogen and oxygen atoms in total. The van der Waals surface area contributed by atoms with E-state index >= 15 is 0 Å². The van der Waals surface area contributed by atoms with E-state index in [0.29, 0.717) is 29.3 Å². The molecule has 3 aromatic rings. The molecule has 1 aliphatic rings. The molecule has 2 heterocycles. The molecular formula is C22H23N3O4. The van der Waals surface area contributed by atoms with E-state index in [0.717, 1.165) is 31.6 Å². The topological polar surface area (TPSA) is 75.0 Å². The van der Waals surface area contributed by atoms with Crippen LogP contribution in [0.5, 0.6) is 11.5 Å². The monoisotopic (exact) mass is 393 g/mol. The summed E-state index contributed by atoms with van der Waals surface area (Å²) >= 11 is 0. The summed E-state index contributed by atoms with van der Waals surface area (Å²) < 4.78 is 11.1. The summed E-state index contributed by atoms with van der Waals surface area (Å²) in [5.74, 6) is 0.969. The van der Waals surface area contributed by atoms with Crippen LogP contribution < -0.4 is 15.7 Å². The van der Waals surface area contributed by atoms with Gasteiger partial charge in [0, 0.05) is 31.9 Å². The van der Waals surface area contributed by atoms with Crippen LogP contribution in [0.3, 0.4) is 0 Å². The van der Waals surface area contributed by atoms with E-state index in [4.69, 9.17) is 9.15 Å². The quantitative estimate of drug-likeness (QED) is 0.672. The van der Waals surface area contributed by atoms with Crippen molar-refractivity contribution in [2.45, 2.75) is 0 Å². The summed E-state index contributed by atoms with van der Waals surface area (Å²) in [6, 6.07) is 15.6. The van der Waals surface area contributed by atoms with E-state index in [1.165, 1.54) is 6.07 Å². The van der Waals surface area contributed by atoms with Crippen LogP contribution in [0.2, 0.25) is 0 Å². The molecule has 1 saturated heterocycles. The van der Waals surface area contributed by atoms with Crippen molar-refractivity contribution in [1.29, 1.82) is 0 Å². The van der Waals surface area contributed by atoms with Gasteiger partial charge in [-0.15, -0.1) is 0 Å². The number of amides is 1. The number of anilines is 1. The Balaban J connectivity index is 1.40.